The second kappa shape index (κ2) is 7.50. The number of aryl methyl sites for hydroxylation is 1. The van der Waals surface area contributed by atoms with Gasteiger partial charge in [-0.3, -0.25) is 14.3 Å². The third kappa shape index (κ3) is 3.52. The number of halogens is 1. The lowest BCUT2D eigenvalue weighted by Crippen LogP contribution is -2.16. The van der Waals surface area contributed by atoms with Gasteiger partial charge in [-0.1, -0.05) is 17.7 Å². The Balaban J connectivity index is 1.59. The molecule has 0 atom stereocenters. The molecule has 0 radical (unpaired) electrons. The fourth-order valence-corrected chi connectivity index (χ4v) is 3.20. The number of hydrogen-bond acceptors (Lipinski definition) is 4. The lowest BCUT2D eigenvalue weighted by Gasteiger charge is -2.10. The van der Waals surface area contributed by atoms with Gasteiger partial charge in [0.1, 0.15) is 12.4 Å². The number of benzene rings is 1. The van der Waals surface area contributed by atoms with Crippen LogP contribution in [0.1, 0.15) is 11.4 Å². The Hall–Kier alpha value is -3.09. The largest absolute Gasteiger partial charge is 0.487 e. The van der Waals surface area contributed by atoms with E-state index in [1.165, 1.54) is 6.07 Å². The van der Waals surface area contributed by atoms with E-state index in [2.05, 4.69) is 4.98 Å². The second-order valence-electron chi connectivity index (χ2n) is 6.42. The molecule has 0 aliphatic rings. The Bertz CT molecular complexity index is 1200. The summed E-state index contributed by atoms with van der Waals surface area (Å²) in [5.74, 6) is 0.473. The highest BCUT2D eigenvalue weighted by Gasteiger charge is 2.08. The summed E-state index contributed by atoms with van der Waals surface area (Å²) in [6.45, 7) is 0.217. The Morgan fingerprint density at radius 3 is 2.71 bits per heavy atom. The smallest absolute Gasteiger partial charge is 0.258 e. The molecule has 0 unspecified atom stereocenters. The molecule has 1 N–H and O–H groups in total. The van der Waals surface area contributed by atoms with Gasteiger partial charge in [-0.2, -0.15) is 0 Å². The van der Waals surface area contributed by atoms with Gasteiger partial charge in [0.25, 0.3) is 5.56 Å². The molecule has 0 bridgehead atoms. The molecule has 3 heterocycles. The molecule has 142 valence electrons. The first-order valence-electron chi connectivity index (χ1n) is 8.70. The van der Waals surface area contributed by atoms with Crippen LogP contribution in [-0.4, -0.2) is 19.2 Å². The van der Waals surface area contributed by atoms with Crippen molar-refractivity contribution in [1.82, 2.24) is 14.1 Å². The van der Waals surface area contributed by atoms with Crippen LogP contribution in [0.5, 0.6) is 5.75 Å². The highest BCUT2D eigenvalue weighted by Crippen LogP contribution is 2.22. The third-order valence-electron chi connectivity index (χ3n) is 4.63. The first-order chi connectivity index (χ1) is 13.5. The minimum Gasteiger partial charge on any atom is -0.487 e. The molecule has 3 aromatic heterocycles. The molecule has 0 fully saturated rings. The fourth-order valence-electron chi connectivity index (χ4n) is 3.09. The van der Waals surface area contributed by atoms with Crippen molar-refractivity contribution in [2.45, 2.75) is 13.2 Å². The van der Waals surface area contributed by atoms with Crippen molar-refractivity contribution in [3.63, 3.8) is 0 Å². The van der Waals surface area contributed by atoms with Crippen molar-refractivity contribution in [3.05, 3.63) is 87.7 Å². The molecule has 28 heavy (non-hydrogen) atoms. The molecule has 0 aliphatic heterocycles. The first kappa shape index (κ1) is 18.3. The SMILES string of the molecule is Cn1c(CO)cc2ccc(-n3ccc(OCc4ccc(Cl)cn4)cc3=O)cc21. The third-order valence-corrected chi connectivity index (χ3v) is 4.86. The summed E-state index contributed by atoms with van der Waals surface area (Å²) in [7, 11) is 1.89. The Morgan fingerprint density at radius 2 is 2.00 bits per heavy atom. The fraction of sp³-hybridized carbons (Fsp3) is 0.143. The average Bonchev–Trinajstić information content (AvgIpc) is 3.03. The molecule has 0 spiro atoms. The summed E-state index contributed by atoms with van der Waals surface area (Å²) in [6.07, 6.45) is 3.24. The molecule has 4 aromatic rings. The molecule has 0 saturated heterocycles. The van der Waals surface area contributed by atoms with E-state index in [1.807, 2.05) is 35.9 Å². The summed E-state index contributed by atoms with van der Waals surface area (Å²) >= 11 is 5.82. The van der Waals surface area contributed by atoms with E-state index in [1.54, 1.807) is 35.2 Å². The van der Waals surface area contributed by atoms with Gasteiger partial charge in [0.05, 0.1) is 28.5 Å². The standard InChI is InChI=1S/C21H18ClN3O3/c1-24-18(12-26)8-14-2-5-17(9-20(14)24)25-7-6-19(10-21(25)27)28-13-16-4-3-15(22)11-23-16/h2-11,26H,12-13H2,1H3. The number of nitrogens with zero attached hydrogens (tertiary/aromatic N) is 3. The van der Waals surface area contributed by atoms with Crippen LogP contribution in [-0.2, 0) is 20.3 Å². The second-order valence-corrected chi connectivity index (χ2v) is 6.86. The maximum atomic E-state index is 12.6. The number of aliphatic hydroxyl groups is 1. The number of pyridine rings is 2. The predicted octanol–water partition coefficient (Wildman–Crippen LogP) is 3.45. The number of hydrogen-bond donors (Lipinski definition) is 1. The molecular formula is C21H18ClN3O3. The van der Waals surface area contributed by atoms with Crippen molar-refractivity contribution in [1.29, 1.82) is 0 Å². The van der Waals surface area contributed by atoms with Gasteiger partial charge in [0.15, 0.2) is 0 Å². The number of rotatable bonds is 5. The van der Waals surface area contributed by atoms with Crippen LogP contribution in [0, 0.1) is 0 Å². The maximum Gasteiger partial charge on any atom is 0.258 e. The zero-order valence-corrected chi connectivity index (χ0v) is 15.9. The number of ether oxygens (including phenoxy) is 1. The molecular weight excluding hydrogens is 378 g/mol. The quantitative estimate of drug-likeness (QED) is 0.562. The summed E-state index contributed by atoms with van der Waals surface area (Å²) in [5.41, 5.74) is 3.04. The van der Waals surface area contributed by atoms with Crippen molar-refractivity contribution in [2.24, 2.45) is 7.05 Å². The molecule has 1 aromatic carbocycles. The molecule has 0 saturated carbocycles. The van der Waals surface area contributed by atoms with Gasteiger partial charge in [0.2, 0.25) is 0 Å². The van der Waals surface area contributed by atoms with Crippen molar-refractivity contribution in [3.8, 4) is 11.4 Å². The molecule has 4 rings (SSSR count). The van der Waals surface area contributed by atoms with Crippen molar-refractivity contribution >= 4 is 22.5 Å². The van der Waals surface area contributed by atoms with E-state index >= 15 is 0 Å². The monoisotopic (exact) mass is 395 g/mol. The van der Waals surface area contributed by atoms with Gasteiger partial charge >= 0.3 is 0 Å². The highest BCUT2D eigenvalue weighted by molar-refractivity contribution is 6.30. The number of fused-ring (bicyclic) bond motifs is 1. The zero-order valence-electron chi connectivity index (χ0n) is 15.2. The van der Waals surface area contributed by atoms with Crippen LogP contribution < -0.4 is 10.3 Å². The van der Waals surface area contributed by atoms with Gasteiger partial charge in [-0.05, 0) is 36.4 Å². The Morgan fingerprint density at radius 1 is 1.14 bits per heavy atom. The zero-order chi connectivity index (χ0) is 19.7. The Labute approximate surface area is 166 Å². The first-order valence-corrected chi connectivity index (χ1v) is 9.08. The average molecular weight is 396 g/mol. The Kier molecular flexibility index (Phi) is 4.90. The lowest BCUT2D eigenvalue weighted by molar-refractivity contribution is 0.273. The summed E-state index contributed by atoms with van der Waals surface area (Å²) in [5, 5.41) is 11.0. The van der Waals surface area contributed by atoms with Crippen LogP contribution in [0.2, 0.25) is 5.02 Å². The molecule has 6 nitrogen and oxygen atoms in total. The van der Waals surface area contributed by atoms with E-state index < -0.39 is 0 Å². The summed E-state index contributed by atoms with van der Waals surface area (Å²) < 4.78 is 9.13. The topological polar surface area (TPSA) is 69.3 Å². The highest BCUT2D eigenvalue weighted by atomic mass is 35.5. The minimum atomic E-state index is -0.197. The van der Waals surface area contributed by atoms with Crippen LogP contribution in [0.15, 0.2) is 65.7 Å². The van der Waals surface area contributed by atoms with Crippen molar-refractivity contribution < 1.29 is 9.84 Å². The minimum absolute atomic E-state index is 0.0328. The molecule has 0 aliphatic carbocycles. The maximum absolute atomic E-state index is 12.6. The van der Waals surface area contributed by atoms with Gasteiger partial charge in [-0.15, -0.1) is 0 Å². The lowest BCUT2D eigenvalue weighted by atomic mass is 10.2. The van der Waals surface area contributed by atoms with Gasteiger partial charge in [0, 0.05) is 36.6 Å². The predicted molar refractivity (Wildman–Crippen MR) is 108 cm³/mol. The van der Waals surface area contributed by atoms with Crippen LogP contribution in [0.25, 0.3) is 16.6 Å². The van der Waals surface area contributed by atoms with Crippen LogP contribution in [0.4, 0.5) is 0 Å². The van der Waals surface area contributed by atoms with E-state index in [0.717, 1.165) is 28.0 Å². The summed E-state index contributed by atoms with van der Waals surface area (Å²) in [4.78, 5) is 16.7. The van der Waals surface area contributed by atoms with E-state index in [4.69, 9.17) is 16.3 Å². The van der Waals surface area contributed by atoms with E-state index in [-0.39, 0.29) is 18.8 Å². The molecule has 0 amide bonds. The van der Waals surface area contributed by atoms with E-state index in [9.17, 15) is 9.90 Å². The van der Waals surface area contributed by atoms with Crippen molar-refractivity contribution in [2.75, 3.05) is 0 Å². The normalized spacial score (nSPS) is 11.1. The van der Waals surface area contributed by atoms with Crippen LogP contribution in [0.3, 0.4) is 0 Å². The van der Waals surface area contributed by atoms with E-state index in [0.29, 0.717) is 10.8 Å². The van der Waals surface area contributed by atoms with Crippen LogP contribution >= 0.6 is 11.6 Å². The van der Waals surface area contributed by atoms with Gasteiger partial charge in [-0.25, -0.2) is 0 Å². The summed E-state index contributed by atoms with van der Waals surface area (Å²) in [6, 6.07) is 14.4. The number of aromatic nitrogens is 3. The molecule has 7 heteroatoms. The van der Waals surface area contributed by atoms with Gasteiger partial charge < -0.3 is 14.4 Å². The number of aliphatic hydroxyl groups excluding tert-OH is 1.